The molecule has 2 heterocycles. The lowest BCUT2D eigenvalue weighted by molar-refractivity contribution is -0.149. The third-order valence-corrected chi connectivity index (χ3v) is 4.95. The average molecular weight is 372 g/mol. The van der Waals surface area contributed by atoms with Crippen molar-refractivity contribution >= 4 is 28.7 Å². The lowest BCUT2D eigenvalue weighted by Crippen LogP contribution is -2.54. The van der Waals surface area contributed by atoms with Crippen LogP contribution in [0.25, 0.3) is 10.9 Å². The first-order chi connectivity index (χ1) is 12.9. The molecular weight excluding hydrogens is 348 g/mol. The van der Waals surface area contributed by atoms with Gasteiger partial charge >= 0.3 is 5.97 Å². The lowest BCUT2D eigenvalue weighted by Gasteiger charge is -2.27. The Morgan fingerprint density at radius 3 is 2.81 bits per heavy atom. The number of fused-ring (bicyclic) bond motifs is 1. The Balaban J connectivity index is 1.87. The predicted octanol–water partition coefficient (Wildman–Crippen LogP) is 0.618. The molecule has 1 aliphatic rings. The van der Waals surface area contributed by atoms with E-state index in [2.05, 4.69) is 10.3 Å². The summed E-state index contributed by atoms with van der Waals surface area (Å²) in [6, 6.07) is 5.18. The van der Waals surface area contributed by atoms with Gasteiger partial charge in [-0.2, -0.15) is 0 Å². The standard InChI is InChI=1S/C19H24N4O4/c1-11(20)17(24)22-15(18(25)23-8-4-7-16(23)19(26)27)9-12-10-21-14-6-3-2-5-13(12)14/h2-3,5-6,10-11,15-16,21H,4,7-9,20H2,1H3,(H,22,24)(H,26,27)/t11-,15-,16-/m0/s1. The molecule has 8 heteroatoms. The highest BCUT2D eigenvalue weighted by atomic mass is 16.4. The highest BCUT2D eigenvalue weighted by molar-refractivity contribution is 5.93. The molecule has 2 aromatic rings. The van der Waals surface area contributed by atoms with Crippen LogP contribution >= 0.6 is 0 Å². The van der Waals surface area contributed by atoms with Crippen LogP contribution in [0.1, 0.15) is 25.3 Å². The van der Waals surface area contributed by atoms with Gasteiger partial charge in [-0.3, -0.25) is 9.59 Å². The zero-order chi connectivity index (χ0) is 19.6. The number of aromatic amines is 1. The molecule has 0 bridgehead atoms. The summed E-state index contributed by atoms with van der Waals surface area (Å²) in [6.45, 7) is 1.91. The van der Waals surface area contributed by atoms with E-state index in [1.165, 1.54) is 4.90 Å². The van der Waals surface area contributed by atoms with E-state index in [-0.39, 0.29) is 12.3 Å². The van der Waals surface area contributed by atoms with Gasteiger partial charge in [0.25, 0.3) is 0 Å². The van der Waals surface area contributed by atoms with E-state index in [1.54, 1.807) is 6.92 Å². The number of nitrogens with two attached hydrogens (primary N) is 1. The first kappa shape index (κ1) is 18.9. The molecule has 1 aromatic carbocycles. The Hall–Kier alpha value is -2.87. The minimum Gasteiger partial charge on any atom is -0.480 e. The Kier molecular flexibility index (Phi) is 5.46. The van der Waals surface area contributed by atoms with Crippen LogP contribution in [0.5, 0.6) is 0 Å². The fourth-order valence-corrected chi connectivity index (χ4v) is 3.51. The Morgan fingerprint density at radius 1 is 1.37 bits per heavy atom. The zero-order valence-electron chi connectivity index (χ0n) is 15.1. The number of hydrogen-bond acceptors (Lipinski definition) is 4. The third-order valence-electron chi connectivity index (χ3n) is 4.95. The van der Waals surface area contributed by atoms with E-state index >= 15 is 0 Å². The number of aliphatic carboxylic acids is 1. The maximum absolute atomic E-state index is 13.1. The van der Waals surface area contributed by atoms with Crippen molar-refractivity contribution in [1.29, 1.82) is 0 Å². The minimum absolute atomic E-state index is 0.254. The molecule has 0 radical (unpaired) electrons. The van der Waals surface area contributed by atoms with Crippen molar-refractivity contribution in [1.82, 2.24) is 15.2 Å². The van der Waals surface area contributed by atoms with Crippen molar-refractivity contribution in [3.63, 3.8) is 0 Å². The van der Waals surface area contributed by atoms with Gasteiger partial charge in [0.2, 0.25) is 11.8 Å². The number of carbonyl (C=O) groups excluding carboxylic acids is 2. The van der Waals surface area contributed by atoms with Gasteiger partial charge in [0.05, 0.1) is 6.04 Å². The lowest BCUT2D eigenvalue weighted by atomic mass is 10.0. The smallest absolute Gasteiger partial charge is 0.326 e. The molecule has 8 nitrogen and oxygen atoms in total. The molecule has 3 rings (SSSR count). The molecule has 3 atom stereocenters. The molecule has 1 aliphatic heterocycles. The van der Waals surface area contributed by atoms with E-state index in [9.17, 15) is 19.5 Å². The number of carboxylic acid groups (broad SMARTS) is 1. The van der Waals surface area contributed by atoms with E-state index in [1.807, 2.05) is 30.5 Å². The van der Waals surface area contributed by atoms with Gasteiger partial charge in [0, 0.05) is 30.1 Å². The normalized spacial score (nSPS) is 19.0. The molecule has 0 unspecified atom stereocenters. The van der Waals surface area contributed by atoms with Crippen molar-refractivity contribution in [2.24, 2.45) is 5.73 Å². The molecular formula is C19H24N4O4. The van der Waals surface area contributed by atoms with Crippen molar-refractivity contribution in [3.05, 3.63) is 36.0 Å². The van der Waals surface area contributed by atoms with Gasteiger partial charge in [-0.25, -0.2) is 4.79 Å². The van der Waals surface area contributed by atoms with Crippen molar-refractivity contribution in [2.45, 2.75) is 44.3 Å². The van der Waals surface area contributed by atoms with Crippen LogP contribution in [-0.2, 0) is 20.8 Å². The van der Waals surface area contributed by atoms with E-state index in [0.717, 1.165) is 16.5 Å². The number of para-hydroxylation sites is 1. The molecule has 1 aromatic heterocycles. The van der Waals surface area contributed by atoms with Crippen LogP contribution in [0.2, 0.25) is 0 Å². The minimum atomic E-state index is -1.02. The van der Waals surface area contributed by atoms with Gasteiger partial charge in [0.1, 0.15) is 12.1 Å². The number of hydrogen-bond donors (Lipinski definition) is 4. The van der Waals surface area contributed by atoms with Crippen molar-refractivity contribution in [2.75, 3.05) is 6.54 Å². The Bertz CT molecular complexity index is 860. The summed E-state index contributed by atoms with van der Waals surface area (Å²) in [7, 11) is 0. The summed E-state index contributed by atoms with van der Waals surface area (Å²) in [5.74, 6) is -1.86. The molecule has 0 spiro atoms. The van der Waals surface area contributed by atoms with Gasteiger partial charge in [-0.05, 0) is 31.4 Å². The number of carboxylic acids is 1. The largest absolute Gasteiger partial charge is 0.480 e. The number of nitrogens with one attached hydrogen (secondary N) is 2. The van der Waals surface area contributed by atoms with Crippen LogP contribution in [0, 0.1) is 0 Å². The van der Waals surface area contributed by atoms with Gasteiger partial charge < -0.3 is 26.0 Å². The number of likely N-dealkylation sites (tertiary alicyclic amines) is 1. The number of nitrogens with zero attached hydrogens (tertiary/aromatic N) is 1. The molecule has 0 aliphatic carbocycles. The number of carbonyl (C=O) groups is 3. The zero-order valence-corrected chi connectivity index (χ0v) is 15.1. The predicted molar refractivity (Wildman–Crippen MR) is 100.0 cm³/mol. The highest BCUT2D eigenvalue weighted by Gasteiger charge is 2.38. The topological polar surface area (TPSA) is 129 Å². The van der Waals surface area contributed by atoms with Crippen molar-refractivity contribution < 1.29 is 19.5 Å². The Morgan fingerprint density at radius 2 is 2.11 bits per heavy atom. The van der Waals surface area contributed by atoms with Crippen LogP contribution in [0.4, 0.5) is 0 Å². The number of H-pyrrole nitrogens is 1. The summed E-state index contributed by atoms with van der Waals surface area (Å²) in [5, 5.41) is 13.0. The molecule has 0 saturated carbocycles. The second kappa shape index (κ2) is 7.79. The quantitative estimate of drug-likeness (QED) is 0.591. The summed E-state index contributed by atoms with van der Waals surface area (Å²) >= 11 is 0. The molecule has 144 valence electrons. The number of benzene rings is 1. The van der Waals surface area contributed by atoms with E-state index in [4.69, 9.17) is 5.73 Å². The van der Waals surface area contributed by atoms with Gasteiger partial charge in [0.15, 0.2) is 0 Å². The van der Waals surface area contributed by atoms with Crippen LogP contribution in [-0.4, -0.2) is 57.4 Å². The summed E-state index contributed by atoms with van der Waals surface area (Å²) in [6.07, 6.45) is 3.11. The summed E-state index contributed by atoms with van der Waals surface area (Å²) in [4.78, 5) is 41.2. The molecule has 2 amide bonds. The average Bonchev–Trinajstić information content (AvgIpc) is 3.28. The maximum Gasteiger partial charge on any atom is 0.326 e. The Labute approximate surface area is 156 Å². The number of rotatable bonds is 6. The number of amides is 2. The third kappa shape index (κ3) is 3.95. The first-order valence-electron chi connectivity index (χ1n) is 9.02. The second-order valence-electron chi connectivity index (χ2n) is 6.94. The fourth-order valence-electron chi connectivity index (χ4n) is 3.51. The van der Waals surface area contributed by atoms with Crippen LogP contribution < -0.4 is 11.1 Å². The summed E-state index contributed by atoms with van der Waals surface area (Å²) in [5.41, 5.74) is 7.45. The first-order valence-corrected chi connectivity index (χ1v) is 9.02. The van der Waals surface area contributed by atoms with E-state index < -0.39 is 30.0 Å². The second-order valence-corrected chi connectivity index (χ2v) is 6.94. The molecule has 1 saturated heterocycles. The van der Waals surface area contributed by atoms with E-state index in [0.29, 0.717) is 19.4 Å². The van der Waals surface area contributed by atoms with Crippen LogP contribution in [0.3, 0.4) is 0 Å². The monoisotopic (exact) mass is 372 g/mol. The molecule has 1 fully saturated rings. The van der Waals surface area contributed by atoms with Gasteiger partial charge in [-0.15, -0.1) is 0 Å². The van der Waals surface area contributed by atoms with Gasteiger partial charge in [-0.1, -0.05) is 18.2 Å². The molecule has 5 N–H and O–H groups in total. The fraction of sp³-hybridized carbons (Fsp3) is 0.421. The SMILES string of the molecule is C[C@H](N)C(=O)N[C@@H](Cc1c[nH]c2ccccc12)C(=O)N1CCC[C@H]1C(=O)O. The molecule has 27 heavy (non-hydrogen) atoms. The summed E-state index contributed by atoms with van der Waals surface area (Å²) < 4.78 is 0. The highest BCUT2D eigenvalue weighted by Crippen LogP contribution is 2.22. The van der Waals surface area contributed by atoms with Crippen LogP contribution in [0.15, 0.2) is 30.5 Å². The maximum atomic E-state index is 13.1. The van der Waals surface area contributed by atoms with Crippen molar-refractivity contribution in [3.8, 4) is 0 Å². The number of aromatic nitrogens is 1.